The van der Waals surface area contributed by atoms with Crippen molar-refractivity contribution in [2.75, 3.05) is 31.2 Å². The monoisotopic (exact) mass is 223 g/mol. The van der Waals surface area contributed by atoms with E-state index in [-0.39, 0.29) is 18.1 Å². The highest BCUT2D eigenvalue weighted by Crippen LogP contribution is 1.92. The van der Waals surface area contributed by atoms with Gasteiger partial charge in [0.15, 0.2) is 9.84 Å². The predicted octanol–water partition coefficient (Wildman–Crippen LogP) is 0.173. The normalized spacial score (nSPS) is 11.9. The minimum atomic E-state index is -2.84. The number of hydrogen-bond acceptors (Lipinski definition) is 4. The second-order valence-corrected chi connectivity index (χ2v) is 5.64. The number of aliphatic hydroxyl groups is 1. The summed E-state index contributed by atoms with van der Waals surface area (Å²) in [6.45, 7) is 3.37. The minimum Gasteiger partial charge on any atom is -0.396 e. The number of rotatable bonds is 9. The van der Waals surface area contributed by atoms with E-state index < -0.39 is 9.84 Å². The highest BCUT2D eigenvalue weighted by molar-refractivity contribution is 7.91. The first-order chi connectivity index (χ1) is 6.62. The molecule has 0 rings (SSSR count). The van der Waals surface area contributed by atoms with Crippen LogP contribution in [0.25, 0.3) is 0 Å². The molecule has 0 unspecified atom stereocenters. The lowest BCUT2D eigenvalue weighted by atomic mass is 10.3. The predicted molar refractivity (Wildman–Crippen MR) is 58.1 cm³/mol. The molecule has 4 nitrogen and oxygen atoms in total. The van der Waals surface area contributed by atoms with Gasteiger partial charge < -0.3 is 10.4 Å². The fourth-order valence-corrected chi connectivity index (χ4v) is 2.41. The van der Waals surface area contributed by atoms with Gasteiger partial charge in [-0.1, -0.05) is 6.92 Å². The van der Waals surface area contributed by atoms with Gasteiger partial charge in [0.1, 0.15) is 0 Å². The molecular formula is C9H21NO3S. The van der Waals surface area contributed by atoms with Crippen molar-refractivity contribution in [2.24, 2.45) is 0 Å². The Kier molecular flexibility index (Phi) is 8.12. The zero-order chi connectivity index (χ0) is 10.9. The summed E-state index contributed by atoms with van der Waals surface area (Å²) in [7, 11) is -2.84. The average molecular weight is 223 g/mol. The Hall–Kier alpha value is -0.130. The molecule has 5 heteroatoms. The number of unbranched alkanes of at least 4 members (excludes halogenated alkanes) is 1. The van der Waals surface area contributed by atoms with Gasteiger partial charge in [0.2, 0.25) is 0 Å². The van der Waals surface area contributed by atoms with Gasteiger partial charge in [-0.25, -0.2) is 8.42 Å². The van der Waals surface area contributed by atoms with Crippen LogP contribution in [0.1, 0.15) is 26.2 Å². The molecule has 0 fully saturated rings. The molecule has 2 N–H and O–H groups in total. The van der Waals surface area contributed by atoms with Crippen LogP contribution in [-0.4, -0.2) is 44.7 Å². The molecule has 0 aromatic carbocycles. The summed E-state index contributed by atoms with van der Waals surface area (Å²) < 4.78 is 22.5. The second-order valence-electron chi connectivity index (χ2n) is 3.33. The van der Waals surface area contributed by atoms with E-state index in [0.717, 1.165) is 19.4 Å². The van der Waals surface area contributed by atoms with E-state index in [1.165, 1.54) is 0 Å². The zero-order valence-electron chi connectivity index (χ0n) is 8.83. The molecule has 0 aromatic heterocycles. The molecule has 0 saturated heterocycles. The SMILES string of the molecule is CCCS(=O)(=O)CCNCCCCO. The molecule has 0 amide bonds. The van der Waals surface area contributed by atoms with E-state index in [0.29, 0.717) is 13.0 Å². The van der Waals surface area contributed by atoms with Gasteiger partial charge in [-0.2, -0.15) is 0 Å². The van der Waals surface area contributed by atoms with Gasteiger partial charge >= 0.3 is 0 Å². The van der Waals surface area contributed by atoms with E-state index in [1.807, 2.05) is 6.92 Å². The molecule has 0 atom stereocenters. The van der Waals surface area contributed by atoms with Crippen molar-refractivity contribution in [1.29, 1.82) is 0 Å². The van der Waals surface area contributed by atoms with Gasteiger partial charge in [-0.15, -0.1) is 0 Å². The summed E-state index contributed by atoms with van der Waals surface area (Å²) in [5.41, 5.74) is 0. The van der Waals surface area contributed by atoms with Gasteiger partial charge in [0.25, 0.3) is 0 Å². The molecule has 0 radical (unpaired) electrons. The smallest absolute Gasteiger partial charge is 0.151 e. The van der Waals surface area contributed by atoms with Crippen molar-refractivity contribution in [1.82, 2.24) is 5.32 Å². The van der Waals surface area contributed by atoms with Gasteiger partial charge in [-0.05, 0) is 25.8 Å². The largest absolute Gasteiger partial charge is 0.396 e. The third-order valence-corrected chi connectivity index (χ3v) is 3.72. The quantitative estimate of drug-likeness (QED) is 0.547. The lowest BCUT2D eigenvalue weighted by Gasteiger charge is -2.04. The average Bonchev–Trinajstić information content (AvgIpc) is 2.11. The first-order valence-electron chi connectivity index (χ1n) is 5.14. The Morgan fingerprint density at radius 3 is 2.43 bits per heavy atom. The van der Waals surface area contributed by atoms with Crippen molar-refractivity contribution in [3.8, 4) is 0 Å². The fraction of sp³-hybridized carbons (Fsp3) is 1.00. The topological polar surface area (TPSA) is 66.4 Å². The van der Waals surface area contributed by atoms with Crippen molar-refractivity contribution in [3.63, 3.8) is 0 Å². The number of aliphatic hydroxyl groups excluding tert-OH is 1. The minimum absolute atomic E-state index is 0.204. The molecule has 0 bridgehead atoms. The standard InChI is InChI=1S/C9H21NO3S/c1-2-8-14(12,13)9-6-10-5-3-4-7-11/h10-11H,2-9H2,1H3. The highest BCUT2D eigenvalue weighted by Gasteiger charge is 2.07. The van der Waals surface area contributed by atoms with Crippen molar-refractivity contribution in [3.05, 3.63) is 0 Å². The first kappa shape index (κ1) is 13.9. The fourth-order valence-electron chi connectivity index (χ4n) is 1.13. The molecular weight excluding hydrogens is 202 g/mol. The van der Waals surface area contributed by atoms with Gasteiger partial charge in [0, 0.05) is 18.9 Å². The number of sulfone groups is 1. The Morgan fingerprint density at radius 1 is 1.14 bits per heavy atom. The van der Waals surface area contributed by atoms with E-state index in [2.05, 4.69) is 5.32 Å². The van der Waals surface area contributed by atoms with Crippen LogP contribution in [0, 0.1) is 0 Å². The van der Waals surface area contributed by atoms with Crippen LogP contribution in [0.2, 0.25) is 0 Å². The third kappa shape index (κ3) is 8.47. The van der Waals surface area contributed by atoms with E-state index in [9.17, 15) is 8.42 Å². The van der Waals surface area contributed by atoms with Crippen LogP contribution in [0.15, 0.2) is 0 Å². The molecule has 0 aliphatic heterocycles. The van der Waals surface area contributed by atoms with E-state index in [1.54, 1.807) is 0 Å². The van der Waals surface area contributed by atoms with Crippen LogP contribution in [-0.2, 0) is 9.84 Å². The van der Waals surface area contributed by atoms with Crippen LogP contribution < -0.4 is 5.32 Å². The van der Waals surface area contributed by atoms with Crippen molar-refractivity contribution >= 4 is 9.84 Å². The highest BCUT2D eigenvalue weighted by atomic mass is 32.2. The van der Waals surface area contributed by atoms with Crippen molar-refractivity contribution < 1.29 is 13.5 Å². The number of hydrogen-bond donors (Lipinski definition) is 2. The summed E-state index contributed by atoms with van der Waals surface area (Å²) in [6, 6.07) is 0. The first-order valence-corrected chi connectivity index (χ1v) is 6.96. The maximum atomic E-state index is 11.2. The summed E-state index contributed by atoms with van der Waals surface area (Å²) >= 11 is 0. The third-order valence-electron chi connectivity index (χ3n) is 1.87. The lowest BCUT2D eigenvalue weighted by molar-refractivity contribution is 0.284. The summed E-state index contributed by atoms with van der Waals surface area (Å²) in [5, 5.41) is 11.5. The van der Waals surface area contributed by atoms with E-state index >= 15 is 0 Å². The van der Waals surface area contributed by atoms with Crippen LogP contribution >= 0.6 is 0 Å². The lowest BCUT2D eigenvalue weighted by Crippen LogP contribution is -2.25. The molecule has 0 saturated carbocycles. The number of nitrogens with one attached hydrogen (secondary N) is 1. The Labute approximate surface area is 86.6 Å². The Bertz CT molecular complexity index is 214. The van der Waals surface area contributed by atoms with Crippen LogP contribution in [0.5, 0.6) is 0 Å². The van der Waals surface area contributed by atoms with Gasteiger partial charge in [-0.3, -0.25) is 0 Å². The summed E-state index contributed by atoms with van der Waals surface area (Å²) in [4.78, 5) is 0. The molecule has 0 spiro atoms. The molecule has 86 valence electrons. The zero-order valence-corrected chi connectivity index (χ0v) is 9.65. The molecule has 0 aliphatic carbocycles. The maximum Gasteiger partial charge on any atom is 0.151 e. The summed E-state index contributed by atoms with van der Waals surface area (Å²) in [6.07, 6.45) is 2.35. The molecule has 0 aromatic rings. The summed E-state index contributed by atoms with van der Waals surface area (Å²) in [5.74, 6) is 0.505. The van der Waals surface area contributed by atoms with Gasteiger partial charge in [0.05, 0.1) is 5.75 Å². The van der Waals surface area contributed by atoms with E-state index in [4.69, 9.17) is 5.11 Å². The molecule has 14 heavy (non-hydrogen) atoms. The van der Waals surface area contributed by atoms with Crippen LogP contribution in [0.4, 0.5) is 0 Å². The Balaban J connectivity index is 3.35. The Morgan fingerprint density at radius 2 is 1.86 bits per heavy atom. The maximum absolute atomic E-state index is 11.2. The van der Waals surface area contributed by atoms with Crippen molar-refractivity contribution in [2.45, 2.75) is 26.2 Å². The molecule has 0 heterocycles. The van der Waals surface area contributed by atoms with Crippen LogP contribution in [0.3, 0.4) is 0 Å². The second kappa shape index (κ2) is 8.20. The molecule has 0 aliphatic rings.